The minimum absolute atomic E-state index is 0.404. The average Bonchev–Trinajstić information content (AvgIpc) is 2.88. The van der Waals surface area contributed by atoms with Crippen LogP contribution in [-0.4, -0.2) is 6.54 Å². The lowest BCUT2D eigenvalue weighted by Gasteiger charge is -2.11. The molecule has 92 valence electrons. The van der Waals surface area contributed by atoms with Gasteiger partial charge < -0.3 is 5.32 Å². The Bertz CT molecular complexity index is 480. The monoisotopic (exact) mass is 349 g/mol. The predicted molar refractivity (Wildman–Crippen MR) is 81.5 cm³/mol. The van der Waals surface area contributed by atoms with Crippen LogP contribution in [0.15, 0.2) is 28.1 Å². The SMILES string of the molecule is CC(NCCc1ccc(Cl)s1)c1cc(Br)cs1. The Hall–Kier alpha value is 0.130. The van der Waals surface area contributed by atoms with Gasteiger partial charge in [-0.05, 0) is 47.5 Å². The molecule has 0 spiro atoms. The molecule has 0 aromatic carbocycles. The van der Waals surface area contributed by atoms with E-state index in [1.54, 1.807) is 22.7 Å². The summed E-state index contributed by atoms with van der Waals surface area (Å²) in [4.78, 5) is 2.70. The smallest absolute Gasteiger partial charge is 0.0931 e. The normalized spacial score (nSPS) is 12.9. The van der Waals surface area contributed by atoms with Crippen LogP contribution in [0.1, 0.15) is 22.7 Å². The second-order valence-corrected chi connectivity index (χ2v) is 7.46. The van der Waals surface area contributed by atoms with E-state index in [2.05, 4.69) is 45.7 Å². The molecule has 1 N–H and O–H groups in total. The Morgan fingerprint density at radius 3 is 2.88 bits per heavy atom. The highest BCUT2D eigenvalue weighted by Gasteiger charge is 2.07. The van der Waals surface area contributed by atoms with Crippen LogP contribution >= 0.6 is 50.2 Å². The Morgan fingerprint density at radius 1 is 1.47 bits per heavy atom. The highest BCUT2D eigenvalue weighted by atomic mass is 79.9. The molecule has 0 bridgehead atoms. The van der Waals surface area contributed by atoms with Crippen molar-refractivity contribution in [3.63, 3.8) is 0 Å². The van der Waals surface area contributed by atoms with Crippen molar-refractivity contribution < 1.29 is 0 Å². The molecule has 0 radical (unpaired) electrons. The summed E-state index contributed by atoms with van der Waals surface area (Å²) >= 11 is 12.8. The maximum atomic E-state index is 5.90. The summed E-state index contributed by atoms with van der Waals surface area (Å²) in [5, 5.41) is 5.64. The Kier molecular flexibility index (Phi) is 5.06. The van der Waals surface area contributed by atoms with Gasteiger partial charge in [0.2, 0.25) is 0 Å². The topological polar surface area (TPSA) is 12.0 Å². The van der Waals surface area contributed by atoms with E-state index in [0.717, 1.165) is 21.8 Å². The summed E-state index contributed by atoms with van der Waals surface area (Å²) < 4.78 is 2.03. The second-order valence-electron chi connectivity index (χ2n) is 3.80. The van der Waals surface area contributed by atoms with E-state index < -0.39 is 0 Å². The maximum absolute atomic E-state index is 5.90. The lowest BCUT2D eigenvalue weighted by atomic mass is 10.2. The van der Waals surface area contributed by atoms with Gasteiger partial charge in [-0.15, -0.1) is 22.7 Å². The van der Waals surface area contributed by atoms with Gasteiger partial charge in [-0.3, -0.25) is 0 Å². The first kappa shape index (κ1) is 13.6. The van der Waals surface area contributed by atoms with E-state index in [1.165, 1.54) is 9.75 Å². The highest BCUT2D eigenvalue weighted by Crippen LogP contribution is 2.25. The van der Waals surface area contributed by atoms with Gasteiger partial charge in [0.15, 0.2) is 0 Å². The summed E-state index contributed by atoms with van der Waals surface area (Å²) in [5.41, 5.74) is 0. The molecule has 2 rings (SSSR count). The van der Waals surface area contributed by atoms with Crippen LogP contribution in [-0.2, 0) is 6.42 Å². The third kappa shape index (κ3) is 4.07. The van der Waals surface area contributed by atoms with Crippen molar-refractivity contribution in [2.24, 2.45) is 0 Å². The zero-order valence-corrected chi connectivity index (χ0v) is 13.3. The van der Waals surface area contributed by atoms with Crippen molar-refractivity contribution in [1.29, 1.82) is 0 Å². The number of hydrogen-bond acceptors (Lipinski definition) is 3. The molecule has 1 nitrogen and oxygen atoms in total. The van der Waals surface area contributed by atoms with Crippen LogP contribution in [0.4, 0.5) is 0 Å². The Labute approximate surface area is 123 Å². The van der Waals surface area contributed by atoms with Crippen molar-refractivity contribution in [3.8, 4) is 0 Å². The van der Waals surface area contributed by atoms with E-state index >= 15 is 0 Å². The van der Waals surface area contributed by atoms with E-state index in [-0.39, 0.29) is 0 Å². The van der Waals surface area contributed by atoms with Gasteiger partial charge >= 0.3 is 0 Å². The van der Waals surface area contributed by atoms with Gasteiger partial charge in [0, 0.05) is 32.2 Å². The molecule has 0 saturated heterocycles. The lowest BCUT2D eigenvalue weighted by molar-refractivity contribution is 0.586. The Morgan fingerprint density at radius 2 is 2.29 bits per heavy atom. The first-order chi connectivity index (χ1) is 8.15. The molecule has 1 unspecified atom stereocenters. The highest BCUT2D eigenvalue weighted by molar-refractivity contribution is 9.10. The molecule has 2 heterocycles. The van der Waals surface area contributed by atoms with Crippen molar-refractivity contribution in [2.45, 2.75) is 19.4 Å². The largest absolute Gasteiger partial charge is 0.309 e. The standard InChI is InChI=1S/C12H13BrClNS2/c1-8(11-6-9(13)7-16-11)15-5-4-10-2-3-12(14)17-10/h2-3,6-8,15H,4-5H2,1H3. The van der Waals surface area contributed by atoms with Gasteiger partial charge in [-0.2, -0.15) is 0 Å². The van der Waals surface area contributed by atoms with Gasteiger partial charge in [-0.1, -0.05) is 11.6 Å². The molecule has 1 atom stereocenters. The minimum atomic E-state index is 0.404. The molecular formula is C12H13BrClNS2. The van der Waals surface area contributed by atoms with Gasteiger partial charge in [0.1, 0.15) is 0 Å². The van der Waals surface area contributed by atoms with Crippen molar-refractivity contribution in [3.05, 3.63) is 42.1 Å². The number of rotatable bonds is 5. The summed E-state index contributed by atoms with van der Waals surface area (Å²) in [5.74, 6) is 0. The van der Waals surface area contributed by atoms with Crippen molar-refractivity contribution >= 4 is 50.2 Å². The molecular weight excluding hydrogens is 338 g/mol. The molecule has 2 aromatic heterocycles. The molecule has 0 aliphatic heterocycles. The summed E-state index contributed by atoms with van der Waals surface area (Å²) in [7, 11) is 0. The first-order valence-electron chi connectivity index (χ1n) is 5.36. The second kappa shape index (κ2) is 6.34. The maximum Gasteiger partial charge on any atom is 0.0931 e. The van der Waals surface area contributed by atoms with E-state index in [0.29, 0.717) is 6.04 Å². The van der Waals surface area contributed by atoms with Gasteiger partial charge in [-0.25, -0.2) is 0 Å². The summed E-state index contributed by atoms with van der Waals surface area (Å²) in [6, 6.07) is 6.63. The average molecular weight is 351 g/mol. The molecule has 0 amide bonds. The summed E-state index contributed by atoms with van der Waals surface area (Å²) in [6.07, 6.45) is 1.04. The predicted octanol–water partition coefficient (Wildman–Crippen LogP) is 5.12. The van der Waals surface area contributed by atoms with Crippen LogP contribution in [0, 0.1) is 0 Å². The van der Waals surface area contributed by atoms with E-state index in [9.17, 15) is 0 Å². The van der Waals surface area contributed by atoms with Crippen LogP contribution < -0.4 is 5.32 Å². The minimum Gasteiger partial charge on any atom is -0.309 e. The zero-order chi connectivity index (χ0) is 12.3. The quantitative estimate of drug-likeness (QED) is 0.789. The third-order valence-electron chi connectivity index (χ3n) is 2.47. The molecule has 0 saturated carbocycles. The number of thiophene rings is 2. The van der Waals surface area contributed by atoms with E-state index in [1.807, 2.05) is 6.07 Å². The first-order valence-corrected chi connectivity index (χ1v) is 8.23. The fraction of sp³-hybridized carbons (Fsp3) is 0.333. The van der Waals surface area contributed by atoms with Crippen LogP contribution in [0.3, 0.4) is 0 Å². The number of hydrogen-bond donors (Lipinski definition) is 1. The molecule has 0 aliphatic carbocycles. The molecule has 17 heavy (non-hydrogen) atoms. The summed E-state index contributed by atoms with van der Waals surface area (Å²) in [6.45, 7) is 3.17. The molecule has 0 fully saturated rings. The zero-order valence-electron chi connectivity index (χ0n) is 9.37. The van der Waals surface area contributed by atoms with E-state index in [4.69, 9.17) is 11.6 Å². The fourth-order valence-electron chi connectivity index (χ4n) is 1.55. The van der Waals surface area contributed by atoms with Gasteiger partial charge in [0.25, 0.3) is 0 Å². The van der Waals surface area contributed by atoms with Crippen molar-refractivity contribution in [1.82, 2.24) is 5.32 Å². The fourth-order valence-corrected chi connectivity index (χ4v) is 4.12. The number of halogens is 2. The van der Waals surface area contributed by atoms with Crippen molar-refractivity contribution in [2.75, 3.05) is 6.54 Å². The molecule has 5 heteroatoms. The van der Waals surface area contributed by atoms with Crippen LogP contribution in [0.2, 0.25) is 4.34 Å². The van der Waals surface area contributed by atoms with Crippen LogP contribution in [0.25, 0.3) is 0 Å². The molecule has 0 aliphatic rings. The molecule has 2 aromatic rings. The Balaban J connectivity index is 1.78. The van der Waals surface area contributed by atoms with Gasteiger partial charge in [0.05, 0.1) is 4.34 Å². The lowest BCUT2D eigenvalue weighted by Crippen LogP contribution is -2.20. The van der Waals surface area contributed by atoms with Crippen LogP contribution in [0.5, 0.6) is 0 Å². The third-order valence-corrected chi connectivity index (χ3v) is 5.63. The number of nitrogens with one attached hydrogen (secondary N) is 1.